The number of amides is 1. The van der Waals surface area contributed by atoms with Crippen LogP contribution in [0.4, 0.5) is 0 Å². The number of aliphatic hydroxyl groups is 1. The third kappa shape index (κ3) is 3.32. The molecule has 1 amide bonds. The summed E-state index contributed by atoms with van der Waals surface area (Å²) in [4.78, 5) is 11.3. The lowest BCUT2D eigenvalue weighted by Crippen LogP contribution is -2.46. The zero-order chi connectivity index (χ0) is 9.68. The van der Waals surface area contributed by atoms with Crippen LogP contribution in [-0.4, -0.2) is 36.8 Å². The third-order valence-electron chi connectivity index (χ3n) is 2.42. The lowest BCUT2D eigenvalue weighted by Gasteiger charge is -2.27. The highest BCUT2D eigenvalue weighted by Crippen LogP contribution is 2.07. The summed E-state index contributed by atoms with van der Waals surface area (Å²) in [6.45, 7) is 3.88. The molecule has 1 saturated heterocycles. The van der Waals surface area contributed by atoms with E-state index in [4.69, 9.17) is 5.11 Å². The maximum Gasteiger partial charge on any atom is 0.220 e. The van der Waals surface area contributed by atoms with E-state index in [-0.39, 0.29) is 18.6 Å². The third-order valence-corrected chi connectivity index (χ3v) is 2.42. The van der Waals surface area contributed by atoms with Gasteiger partial charge in [0, 0.05) is 6.42 Å². The Morgan fingerprint density at radius 2 is 2.38 bits per heavy atom. The molecule has 13 heavy (non-hydrogen) atoms. The van der Waals surface area contributed by atoms with E-state index >= 15 is 0 Å². The van der Waals surface area contributed by atoms with Crippen LogP contribution in [0.3, 0.4) is 0 Å². The lowest BCUT2D eigenvalue weighted by atomic mass is 9.99. The lowest BCUT2D eigenvalue weighted by molar-refractivity contribution is -0.123. The number of aliphatic hydroxyl groups excluding tert-OH is 1. The van der Waals surface area contributed by atoms with Crippen LogP contribution in [0, 0.1) is 5.92 Å². The molecule has 0 radical (unpaired) electrons. The predicted molar refractivity (Wildman–Crippen MR) is 50.3 cm³/mol. The molecular formula is C9H18N2O2. The average Bonchev–Trinajstić information content (AvgIpc) is 2.07. The van der Waals surface area contributed by atoms with Crippen molar-refractivity contribution in [3.05, 3.63) is 0 Å². The number of hydrogen-bond acceptors (Lipinski definition) is 3. The van der Waals surface area contributed by atoms with E-state index in [1.54, 1.807) is 0 Å². The number of carbonyl (C=O) groups is 1. The van der Waals surface area contributed by atoms with Crippen LogP contribution >= 0.6 is 0 Å². The molecule has 1 aliphatic rings. The van der Waals surface area contributed by atoms with Gasteiger partial charge in [-0.05, 0) is 25.4 Å². The first kappa shape index (κ1) is 10.5. The van der Waals surface area contributed by atoms with Gasteiger partial charge in [0.05, 0.1) is 12.6 Å². The first-order valence-electron chi connectivity index (χ1n) is 4.87. The maximum atomic E-state index is 11.3. The smallest absolute Gasteiger partial charge is 0.220 e. The number of nitrogens with one attached hydrogen (secondary N) is 2. The van der Waals surface area contributed by atoms with Crippen LogP contribution in [0.5, 0.6) is 0 Å². The van der Waals surface area contributed by atoms with Gasteiger partial charge in [0.2, 0.25) is 5.91 Å². The van der Waals surface area contributed by atoms with E-state index in [0.717, 1.165) is 19.5 Å². The van der Waals surface area contributed by atoms with E-state index in [1.807, 2.05) is 6.92 Å². The molecule has 3 N–H and O–H groups in total. The molecule has 1 fully saturated rings. The number of hydrogen-bond donors (Lipinski definition) is 3. The summed E-state index contributed by atoms with van der Waals surface area (Å²) < 4.78 is 0. The van der Waals surface area contributed by atoms with Crippen LogP contribution in [0.15, 0.2) is 0 Å². The summed E-state index contributed by atoms with van der Waals surface area (Å²) >= 11 is 0. The van der Waals surface area contributed by atoms with Crippen LogP contribution in [0.25, 0.3) is 0 Å². The second-order valence-corrected chi connectivity index (χ2v) is 3.58. The predicted octanol–water partition coefficient (Wildman–Crippen LogP) is -0.517. The second kappa shape index (κ2) is 5.19. The van der Waals surface area contributed by atoms with Crippen molar-refractivity contribution in [2.45, 2.75) is 25.8 Å². The molecule has 1 heterocycles. The first-order valence-corrected chi connectivity index (χ1v) is 4.87. The highest BCUT2D eigenvalue weighted by molar-refractivity contribution is 5.76. The molecule has 0 spiro atoms. The van der Waals surface area contributed by atoms with E-state index in [0.29, 0.717) is 12.3 Å². The van der Waals surface area contributed by atoms with E-state index in [9.17, 15) is 4.79 Å². The van der Waals surface area contributed by atoms with Crippen LogP contribution in [-0.2, 0) is 4.79 Å². The van der Waals surface area contributed by atoms with Gasteiger partial charge in [0.15, 0.2) is 0 Å². The van der Waals surface area contributed by atoms with Crippen molar-refractivity contribution >= 4 is 5.91 Å². The van der Waals surface area contributed by atoms with Gasteiger partial charge in [0.25, 0.3) is 0 Å². The minimum absolute atomic E-state index is 0.0329. The van der Waals surface area contributed by atoms with Gasteiger partial charge in [0.1, 0.15) is 0 Å². The van der Waals surface area contributed by atoms with Gasteiger partial charge >= 0.3 is 0 Å². The molecule has 0 aromatic heterocycles. The molecule has 0 bridgehead atoms. The monoisotopic (exact) mass is 186 g/mol. The maximum absolute atomic E-state index is 11.3. The Morgan fingerprint density at radius 1 is 1.69 bits per heavy atom. The van der Waals surface area contributed by atoms with Gasteiger partial charge in [-0.3, -0.25) is 4.79 Å². The Hall–Kier alpha value is -0.610. The first-order chi connectivity index (χ1) is 6.26. The van der Waals surface area contributed by atoms with Gasteiger partial charge < -0.3 is 15.7 Å². The van der Waals surface area contributed by atoms with Crippen LogP contribution in [0.1, 0.15) is 19.8 Å². The molecule has 4 nitrogen and oxygen atoms in total. The quantitative estimate of drug-likeness (QED) is 0.541. The Morgan fingerprint density at radius 3 is 2.77 bits per heavy atom. The fourth-order valence-electron chi connectivity index (χ4n) is 1.32. The Kier molecular flexibility index (Phi) is 4.18. The summed E-state index contributed by atoms with van der Waals surface area (Å²) in [7, 11) is 0. The molecule has 1 atom stereocenters. The van der Waals surface area contributed by atoms with Crippen molar-refractivity contribution in [2.75, 3.05) is 19.7 Å². The fourth-order valence-corrected chi connectivity index (χ4v) is 1.32. The highest BCUT2D eigenvalue weighted by atomic mass is 16.3. The van der Waals surface area contributed by atoms with Crippen molar-refractivity contribution in [3.63, 3.8) is 0 Å². The van der Waals surface area contributed by atoms with Crippen molar-refractivity contribution in [3.8, 4) is 0 Å². The molecule has 1 aliphatic heterocycles. The standard InChI is InChI=1S/C9H18N2O2/c1-2-8(6-12)11-9(13)3-7-4-10-5-7/h7-8,10,12H,2-6H2,1H3,(H,11,13)/t8-/m1/s1. The Balaban J connectivity index is 2.14. The second-order valence-electron chi connectivity index (χ2n) is 3.58. The molecule has 0 unspecified atom stereocenters. The molecule has 4 heteroatoms. The van der Waals surface area contributed by atoms with Crippen molar-refractivity contribution in [2.24, 2.45) is 5.92 Å². The molecular weight excluding hydrogens is 168 g/mol. The highest BCUT2D eigenvalue weighted by Gasteiger charge is 2.20. The summed E-state index contributed by atoms with van der Waals surface area (Å²) in [5.41, 5.74) is 0. The molecule has 0 aromatic carbocycles. The summed E-state index contributed by atoms with van der Waals surface area (Å²) in [5, 5.41) is 14.8. The topological polar surface area (TPSA) is 61.4 Å². The zero-order valence-electron chi connectivity index (χ0n) is 8.05. The Bertz CT molecular complexity index is 165. The van der Waals surface area contributed by atoms with E-state index < -0.39 is 0 Å². The van der Waals surface area contributed by atoms with Gasteiger partial charge in [-0.1, -0.05) is 6.92 Å². The zero-order valence-corrected chi connectivity index (χ0v) is 8.05. The van der Waals surface area contributed by atoms with E-state index in [2.05, 4.69) is 10.6 Å². The summed E-state index contributed by atoms with van der Waals surface area (Å²) in [5.74, 6) is 0.559. The normalized spacial score (nSPS) is 19.2. The van der Waals surface area contributed by atoms with Gasteiger partial charge in [-0.15, -0.1) is 0 Å². The SMILES string of the molecule is CC[C@H](CO)NC(=O)CC1CNC1. The van der Waals surface area contributed by atoms with Gasteiger partial charge in [-0.2, -0.15) is 0 Å². The largest absolute Gasteiger partial charge is 0.394 e. The van der Waals surface area contributed by atoms with Crippen LogP contribution in [0.2, 0.25) is 0 Å². The van der Waals surface area contributed by atoms with Crippen LogP contribution < -0.4 is 10.6 Å². The van der Waals surface area contributed by atoms with E-state index in [1.165, 1.54) is 0 Å². The van der Waals surface area contributed by atoms with Gasteiger partial charge in [-0.25, -0.2) is 0 Å². The Labute approximate surface area is 78.7 Å². The fraction of sp³-hybridized carbons (Fsp3) is 0.889. The molecule has 0 saturated carbocycles. The summed E-state index contributed by atoms with van der Waals surface area (Å²) in [6, 6.07) is -0.0689. The minimum Gasteiger partial charge on any atom is -0.394 e. The minimum atomic E-state index is -0.0689. The van der Waals surface area contributed by atoms with Crippen molar-refractivity contribution < 1.29 is 9.90 Å². The van der Waals surface area contributed by atoms with Crippen molar-refractivity contribution in [1.29, 1.82) is 0 Å². The average molecular weight is 186 g/mol. The molecule has 0 aliphatic carbocycles. The molecule has 1 rings (SSSR count). The summed E-state index contributed by atoms with van der Waals surface area (Å²) in [6.07, 6.45) is 1.37. The molecule has 0 aromatic rings. The van der Waals surface area contributed by atoms with Crippen molar-refractivity contribution in [1.82, 2.24) is 10.6 Å². The number of rotatable bonds is 5. The number of carbonyl (C=O) groups excluding carboxylic acids is 1. The molecule has 76 valence electrons.